The van der Waals surface area contributed by atoms with E-state index < -0.39 is 5.60 Å². The maximum Gasteiger partial charge on any atom is 0.270 e. The fourth-order valence-corrected chi connectivity index (χ4v) is 5.05. The van der Waals surface area contributed by atoms with Crippen molar-refractivity contribution in [3.8, 4) is 5.75 Å². The summed E-state index contributed by atoms with van der Waals surface area (Å²) in [5.41, 5.74) is 0.0797. The lowest BCUT2D eigenvalue weighted by Crippen LogP contribution is -2.54. The summed E-state index contributed by atoms with van der Waals surface area (Å²) < 4.78 is 11.3. The number of hydrogen-bond acceptors (Lipinski definition) is 4. The topological polar surface area (TPSA) is 59.1 Å². The van der Waals surface area contributed by atoms with Gasteiger partial charge in [0.1, 0.15) is 5.75 Å². The van der Waals surface area contributed by atoms with Crippen LogP contribution in [0.3, 0.4) is 0 Å². The van der Waals surface area contributed by atoms with Crippen LogP contribution in [-0.4, -0.2) is 54.7 Å². The van der Waals surface area contributed by atoms with Gasteiger partial charge >= 0.3 is 0 Å². The molecule has 6 nitrogen and oxygen atoms in total. The number of nitrogens with zero attached hydrogens (tertiary/aromatic N) is 2. The average molecular weight is 465 g/mol. The number of carbonyl (C=O) groups is 2. The molecule has 2 aliphatic rings. The summed E-state index contributed by atoms with van der Waals surface area (Å²) in [6, 6.07) is 3.74. The Labute approximate surface area is 197 Å². The van der Waals surface area contributed by atoms with Crippen LogP contribution in [0.25, 0.3) is 0 Å². The highest BCUT2D eigenvalue weighted by atomic mass is 35.5. The van der Waals surface area contributed by atoms with E-state index in [4.69, 9.17) is 21.1 Å². The molecule has 0 saturated heterocycles. The number of methoxy groups -OCH3 is 1. The lowest BCUT2D eigenvalue weighted by atomic mass is 9.92. The predicted molar refractivity (Wildman–Crippen MR) is 128 cm³/mol. The normalized spacial score (nSPS) is 21.5. The molecule has 1 unspecified atom stereocenters. The molecule has 0 radical (unpaired) electrons. The van der Waals surface area contributed by atoms with Gasteiger partial charge in [-0.05, 0) is 52.5 Å². The van der Waals surface area contributed by atoms with Crippen LogP contribution < -0.4 is 9.64 Å². The Bertz CT molecular complexity index is 837. The standard InChI is InChI=1S/C25H37ClN2O4/c1-6-25(4)24(30)27(13-10-14-31-5)21-15-19(20(26)16-22(21)32-25)23(29)28(17(2)3)18-11-8-7-9-12-18/h15-18H,6-14H2,1-5H3. The number of ether oxygens (including phenoxy) is 2. The minimum atomic E-state index is -0.957. The van der Waals surface area contributed by atoms with Crippen LogP contribution >= 0.6 is 11.6 Å². The molecule has 1 aromatic rings. The summed E-state index contributed by atoms with van der Waals surface area (Å²) in [5, 5.41) is 0.361. The molecule has 1 saturated carbocycles. The van der Waals surface area contributed by atoms with Gasteiger partial charge in [-0.25, -0.2) is 0 Å². The van der Waals surface area contributed by atoms with Crippen molar-refractivity contribution in [1.82, 2.24) is 4.90 Å². The Morgan fingerprint density at radius 3 is 2.59 bits per heavy atom. The van der Waals surface area contributed by atoms with E-state index in [2.05, 4.69) is 13.8 Å². The van der Waals surface area contributed by atoms with Crippen molar-refractivity contribution >= 4 is 29.1 Å². The molecule has 0 aromatic heterocycles. The third kappa shape index (κ3) is 4.91. The Morgan fingerprint density at radius 1 is 1.31 bits per heavy atom. The number of amides is 2. The summed E-state index contributed by atoms with van der Waals surface area (Å²) in [7, 11) is 1.65. The number of anilines is 1. The lowest BCUT2D eigenvalue weighted by molar-refractivity contribution is -0.134. The van der Waals surface area contributed by atoms with Crippen LogP contribution in [0.4, 0.5) is 5.69 Å². The number of benzene rings is 1. The molecule has 1 aliphatic carbocycles. The fourth-order valence-electron chi connectivity index (χ4n) is 4.81. The van der Waals surface area contributed by atoms with E-state index in [0.717, 1.165) is 25.7 Å². The van der Waals surface area contributed by atoms with Crippen molar-refractivity contribution in [3.05, 3.63) is 22.7 Å². The molecule has 2 amide bonds. The lowest BCUT2D eigenvalue weighted by Gasteiger charge is -2.41. The first-order valence-electron chi connectivity index (χ1n) is 11.9. The SMILES string of the molecule is CCC1(C)Oc2cc(Cl)c(C(=O)N(C(C)C)C3CCCCC3)cc2N(CCCOC)C1=O. The van der Waals surface area contributed by atoms with E-state index in [9.17, 15) is 9.59 Å². The third-order valence-electron chi connectivity index (χ3n) is 6.77. The van der Waals surface area contributed by atoms with Crippen molar-refractivity contribution in [2.75, 3.05) is 25.2 Å². The Balaban J connectivity index is 2.00. The summed E-state index contributed by atoms with van der Waals surface area (Å²) in [5.74, 6) is 0.367. The molecule has 0 bridgehead atoms. The van der Waals surface area contributed by atoms with Crippen molar-refractivity contribution < 1.29 is 19.1 Å². The van der Waals surface area contributed by atoms with Gasteiger partial charge < -0.3 is 19.3 Å². The first-order chi connectivity index (χ1) is 15.2. The fraction of sp³-hybridized carbons (Fsp3) is 0.680. The first-order valence-corrected chi connectivity index (χ1v) is 12.3. The van der Waals surface area contributed by atoms with Crippen molar-refractivity contribution in [3.63, 3.8) is 0 Å². The van der Waals surface area contributed by atoms with Crippen LogP contribution in [0.1, 0.15) is 83.0 Å². The Morgan fingerprint density at radius 2 is 2.00 bits per heavy atom. The second-order valence-electron chi connectivity index (χ2n) is 9.39. The predicted octanol–water partition coefficient (Wildman–Crippen LogP) is 5.45. The molecule has 1 aromatic carbocycles. The summed E-state index contributed by atoms with van der Waals surface area (Å²) in [6.45, 7) is 8.87. The second kappa shape index (κ2) is 10.4. The van der Waals surface area contributed by atoms with Gasteiger partial charge in [-0.3, -0.25) is 9.59 Å². The highest BCUT2D eigenvalue weighted by Gasteiger charge is 2.44. The molecule has 1 aliphatic heterocycles. The van der Waals surface area contributed by atoms with E-state index in [-0.39, 0.29) is 23.9 Å². The average Bonchev–Trinajstić information content (AvgIpc) is 2.76. The summed E-state index contributed by atoms with van der Waals surface area (Å²) in [6.07, 6.45) is 6.77. The van der Waals surface area contributed by atoms with Crippen LogP contribution in [0, 0.1) is 0 Å². The highest BCUT2D eigenvalue weighted by molar-refractivity contribution is 6.34. The van der Waals surface area contributed by atoms with Crippen LogP contribution in [0.2, 0.25) is 5.02 Å². The summed E-state index contributed by atoms with van der Waals surface area (Å²) in [4.78, 5) is 30.7. The maximum absolute atomic E-state index is 13.7. The van der Waals surface area contributed by atoms with Crippen LogP contribution in [0.5, 0.6) is 5.75 Å². The van der Waals surface area contributed by atoms with E-state index >= 15 is 0 Å². The van der Waals surface area contributed by atoms with E-state index in [1.807, 2.05) is 11.8 Å². The molecule has 1 atom stereocenters. The zero-order valence-corrected chi connectivity index (χ0v) is 20.8. The molecule has 0 spiro atoms. The molecule has 1 heterocycles. The van der Waals surface area contributed by atoms with Gasteiger partial charge in [-0.2, -0.15) is 0 Å². The van der Waals surface area contributed by atoms with Gasteiger partial charge in [0.15, 0.2) is 5.60 Å². The molecule has 178 valence electrons. The molecule has 32 heavy (non-hydrogen) atoms. The van der Waals surface area contributed by atoms with Gasteiger partial charge in [0.05, 0.1) is 16.3 Å². The number of rotatable bonds is 8. The van der Waals surface area contributed by atoms with E-state index in [1.54, 1.807) is 31.1 Å². The molecule has 7 heteroatoms. The molecular formula is C25H37ClN2O4. The van der Waals surface area contributed by atoms with Crippen molar-refractivity contribution in [1.29, 1.82) is 0 Å². The largest absolute Gasteiger partial charge is 0.475 e. The number of hydrogen-bond donors (Lipinski definition) is 0. The highest BCUT2D eigenvalue weighted by Crippen LogP contribution is 2.43. The zero-order valence-electron chi connectivity index (χ0n) is 20.1. The Kier molecular flexibility index (Phi) is 8.10. The Hall–Kier alpha value is -1.79. The quantitative estimate of drug-likeness (QED) is 0.479. The number of carbonyl (C=O) groups excluding carboxylic acids is 2. The third-order valence-corrected chi connectivity index (χ3v) is 7.08. The summed E-state index contributed by atoms with van der Waals surface area (Å²) >= 11 is 6.64. The zero-order chi connectivity index (χ0) is 23.5. The number of fused-ring (bicyclic) bond motifs is 1. The molecule has 3 rings (SSSR count). The molecular weight excluding hydrogens is 428 g/mol. The maximum atomic E-state index is 13.7. The van der Waals surface area contributed by atoms with Crippen LogP contribution in [0.15, 0.2) is 12.1 Å². The van der Waals surface area contributed by atoms with Crippen molar-refractivity contribution in [2.24, 2.45) is 0 Å². The van der Waals surface area contributed by atoms with E-state index in [1.165, 1.54) is 6.42 Å². The van der Waals surface area contributed by atoms with Gasteiger partial charge in [-0.1, -0.05) is 37.8 Å². The first kappa shape index (κ1) is 24.8. The molecule has 1 fully saturated rings. The second-order valence-corrected chi connectivity index (χ2v) is 9.79. The van der Waals surface area contributed by atoms with E-state index in [0.29, 0.717) is 48.0 Å². The van der Waals surface area contributed by atoms with Crippen LogP contribution in [-0.2, 0) is 9.53 Å². The minimum absolute atomic E-state index is 0.0665. The van der Waals surface area contributed by atoms with Crippen molar-refractivity contribution in [2.45, 2.75) is 90.3 Å². The van der Waals surface area contributed by atoms with Gasteiger partial charge in [0.2, 0.25) is 0 Å². The van der Waals surface area contributed by atoms with Gasteiger partial charge in [0, 0.05) is 38.4 Å². The molecule has 0 N–H and O–H groups in total. The minimum Gasteiger partial charge on any atom is -0.475 e. The smallest absolute Gasteiger partial charge is 0.270 e. The number of halogens is 1. The van der Waals surface area contributed by atoms with Gasteiger partial charge in [-0.15, -0.1) is 0 Å². The monoisotopic (exact) mass is 464 g/mol. The van der Waals surface area contributed by atoms with Gasteiger partial charge in [0.25, 0.3) is 11.8 Å².